The normalized spacial score (nSPS) is 15.2. The van der Waals surface area contributed by atoms with Crippen LogP contribution in [0.3, 0.4) is 0 Å². The maximum absolute atomic E-state index is 12.3. The molecule has 0 spiro atoms. The number of anilines is 1. The van der Waals surface area contributed by atoms with Crippen molar-refractivity contribution in [3.63, 3.8) is 0 Å². The second-order valence-electron chi connectivity index (χ2n) is 6.19. The Morgan fingerprint density at radius 2 is 1.80 bits per heavy atom. The minimum absolute atomic E-state index is 0.0638. The van der Waals surface area contributed by atoms with Gasteiger partial charge in [0.25, 0.3) is 0 Å². The molecular formula is C18H23N5O2. The fourth-order valence-electron chi connectivity index (χ4n) is 2.93. The fraction of sp³-hybridized carbons (Fsp3) is 0.389. The van der Waals surface area contributed by atoms with Crippen LogP contribution in [0.15, 0.2) is 42.6 Å². The molecule has 1 aromatic heterocycles. The summed E-state index contributed by atoms with van der Waals surface area (Å²) in [6, 6.07) is 11.8. The molecule has 2 heterocycles. The molecule has 1 aromatic carbocycles. The molecule has 3 rings (SSSR count). The highest BCUT2D eigenvalue weighted by molar-refractivity contribution is 5.91. The fourth-order valence-corrected chi connectivity index (χ4v) is 2.93. The van der Waals surface area contributed by atoms with Crippen LogP contribution in [0.1, 0.15) is 12.5 Å². The molecule has 1 fully saturated rings. The van der Waals surface area contributed by atoms with E-state index in [1.165, 1.54) is 0 Å². The van der Waals surface area contributed by atoms with Crippen LogP contribution < -0.4 is 5.32 Å². The molecule has 1 aliphatic heterocycles. The molecule has 2 amide bonds. The van der Waals surface area contributed by atoms with Crippen LogP contribution in [0.5, 0.6) is 0 Å². The van der Waals surface area contributed by atoms with E-state index in [4.69, 9.17) is 0 Å². The summed E-state index contributed by atoms with van der Waals surface area (Å²) in [6.07, 6.45) is 1.68. The standard InChI is InChI=1S/C18H23N5O2/c1-15(24)22-11-9-21(10-12-22)14-18(25)20-17-7-8-19-23(17)13-16-5-3-2-4-6-16/h2-8H,9-14H2,1H3,(H,20,25). The largest absolute Gasteiger partial charge is 0.340 e. The van der Waals surface area contributed by atoms with Crippen molar-refractivity contribution in [2.24, 2.45) is 0 Å². The third-order valence-electron chi connectivity index (χ3n) is 4.34. The van der Waals surface area contributed by atoms with Crippen molar-refractivity contribution < 1.29 is 9.59 Å². The minimum atomic E-state index is -0.0638. The van der Waals surface area contributed by atoms with Gasteiger partial charge >= 0.3 is 0 Å². The van der Waals surface area contributed by atoms with Gasteiger partial charge in [0.05, 0.1) is 19.3 Å². The Bertz CT molecular complexity index is 720. The van der Waals surface area contributed by atoms with E-state index in [1.807, 2.05) is 35.2 Å². The van der Waals surface area contributed by atoms with E-state index in [-0.39, 0.29) is 11.8 Å². The van der Waals surface area contributed by atoms with Crippen LogP contribution in [0, 0.1) is 0 Å². The lowest BCUT2D eigenvalue weighted by Crippen LogP contribution is -2.49. The van der Waals surface area contributed by atoms with E-state index >= 15 is 0 Å². The summed E-state index contributed by atoms with van der Waals surface area (Å²) in [5.41, 5.74) is 1.13. The monoisotopic (exact) mass is 341 g/mol. The van der Waals surface area contributed by atoms with E-state index in [1.54, 1.807) is 23.9 Å². The highest BCUT2D eigenvalue weighted by Gasteiger charge is 2.20. The van der Waals surface area contributed by atoms with Gasteiger partial charge in [-0.3, -0.25) is 14.5 Å². The molecular weight excluding hydrogens is 318 g/mol. The Morgan fingerprint density at radius 1 is 1.08 bits per heavy atom. The molecule has 1 N–H and O–H groups in total. The average molecular weight is 341 g/mol. The van der Waals surface area contributed by atoms with Crippen LogP contribution in [-0.4, -0.2) is 64.1 Å². The van der Waals surface area contributed by atoms with Gasteiger partial charge in [0.2, 0.25) is 11.8 Å². The van der Waals surface area contributed by atoms with Crippen LogP contribution in [-0.2, 0) is 16.1 Å². The zero-order valence-electron chi connectivity index (χ0n) is 14.4. The topological polar surface area (TPSA) is 70.5 Å². The van der Waals surface area contributed by atoms with Gasteiger partial charge in [-0.15, -0.1) is 0 Å². The smallest absolute Gasteiger partial charge is 0.239 e. The summed E-state index contributed by atoms with van der Waals surface area (Å²) in [5, 5.41) is 7.22. The number of hydrogen-bond acceptors (Lipinski definition) is 4. The van der Waals surface area contributed by atoms with Crippen molar-refractivity contribution in [1.29, 1.82) is 0 Å². The summed E-state index contributed by atoms with van der Waals surface area (Å²) >= 11 is 0. The molecule has 132 valence electrons. The molecule has 0 unspecified atom stereocenters. The number of rotatable bonds is 5. The number of carbonyl (C=O) groups is 2. The molecule has 0 aliphatic carbocycles. The van der Waals surface area contributed by atoms with Gasteiger partial charge in [-0.1, -0.05) is 30.3 Å². The van der Waals surface area contributed by atoms with Crippen LogP contribution in [0.25, 0.3) is 0 Å². The molecule has 7 heteroatoms. The van der Waals surface area contributed by atoms with Gasteiger partial charge in [0.1, 0.15) is 5.82 Å². The summed E-state index contributed by atoms with van der Waals surface area (Å²) in [5.74, 6) is 0.719. The highest BCUT2D eigenvalue weighted by Crippen LogP contribution is 2.10. The van der Waals surface area contributed by atoms with Crippen molar-refractivity contribution in [2.45, 2.75) is 13.5 Å². The first-order valence-corrected chi connectivity index (χ1v) is 8.45. The Hall–Kier alpha value is -2.67. The highest BCUT2D eigenvalue weighted by atomic mass is 16.2. The number of benzene rings is 1. The molecule has 0 radical (unpaired) electrons. The maximum atomic E-state index is 12.3. The first kappa shape index (κ1) is 17.2. The predicted molar refractivity (Wildman–Crippen MR) is 95.1 cm³/mol. The Labute approximate surface area is 147 Å². The number of nitrogens with one attached hydrogen (secondary N) is 1. The lowest BCUT2D eigenvalue weighted by molar-refractivity contribution is -0.130. The molecule has 0 atom stereocenters. The van der Waals surface area contributed by atoms with Gasteiger partial charge in [0.15, 0.2) is 0 Å². The number of carbonyl (C=O) groups excluding carboxylic acids is 2. The zero-order valence-corrected chi connectivity index (χ0v) is 14.4. The lowest BCUT2D eigenvalue weighted by atomic mass is 10.2. The van der Waals surface area contributed by atoms with Crippen molar-refractivity contribution in [2.75, 3.05) is 38.0 Å². The van der Waals surface area contributed by atoms with Crippen molar-refractivity contribution in [1.82, 2.24) is 19.6 Å². The van der Waals surface area contributed by atoms with Gasteiger partial charge < -0.3 is 10.2 Å². The van der Waals surface area contributed by atoms with Crippen LogP contribution in [0.4, 0.5) is 5.82 Å². The van der Waals surface area contributed by atoms with Gasteiger partial charge in [-0.2, -0.15) is 5.10 Å². The Morgan fingerprint density at radius 3 is 2.48 bits per heavy atom. The maximum Gasteiger partial charge on any atom is 0.239 e. The second kappa shape index (κ2) is 7.94. The molecule has 0 bridgehead atoms. The van der Waals surface area contributed by atoms with Crippen molar-refractivity contribution in [3.05, 3.63) is 48.2 Å². The third kappa shape index (κ3) is 4.67. The number of amides is 2. The first-order chi connectivity index (χ1) is 12.1. The lowest BCUT2D eigenvalue weighted by Gasteiger charge is -2.33. The third-order valence-corrected chi connectivity index (χ3v) is 4.34. The van der Waals surface area contributed by atoms with E-state index in [2.05, 4.69) is 15.3 Å². The Kier molecular flexibility index (Phi) is 5.45. The quantitative estimate of drug-likeness (QED) is 0.882. The molecule has 7 nitrogen and oxygen atoms in total. The minimum Gasteiger partial charge on any atom is -0.340 e. The molecule has 2 aromatic rings. The van der Waals surface area contributed by atoms with Crippen LogP contribution >= 0.6 is 0 Å². The molecule has 25 heavy (non-hydrogen) atoms. The summed E-state index contributed by atoms with van der Waals surface area (Å²) < 4.78 is 1.78. The van der Waals surface area contributed by atoms with Crippen molar-refractivity contribution >= 4 is 17.6 Å². The number of nitrogens with zero attached hydrogens (tertiary/aromatic N) is 4. The van der Waals surface area contributed by atoms with E-state index < -0.39 is 0 Å². The zero-order chi connectivity index (χ0) is 17.6. The second-order valence-corrected chi connectivity index (χ2v) is 6.19. The number of aromatic nitrogens is 2. The average Bonchev–Trinajstić information content (AvgIpc) is 3.03. The number of piperazine rings is 1. The van der Waals surface area contributed by atoms with E-state index in [9.17, 15) is 9.59 Å². The predicted octanol–water partition coefficient (Wildman–Crippen LogP) is 1.03. The van der Waals surface area contributed by atoms with Crippen LogP contribution in [0.2, 0.25) is 0 Å². The van der Waals surface area contributed by atoms with E-state index in [0.29, 0.717) is 32.0 Å². The Balaban J connectivity index is 1.52. The SMILES string of the molecule is CC(=O)N1CCN(CC(=O)Nc2ccnn2Cc2ccccc2)CC1. The van der Waals surface area contributed by atoms with Gasteiger partial charge in [-0.05, 0) is 5.56 Å². The first-order valence-electron chi connectivity index (χ1n) is 8.45. The molecule has 1 saturated heterocycles. The summed E-state index contributed by atoms with van der Waals surface area (Å²) in [7, 11) is 0. The summed E-state index contributed by atoms with van der Waals surface area (Å²) in [4.78, 5) is 27.5. The molecule has 0 saturated carbocycles. The molecule has 1 aliphatic rings. The van der Waals surface area contributed by atoms with E-state index in [0.717, 1.165) is 18.7 Å². The van der Waals surface area contributed by atoms with Gasteiger partial charge in [0, 0.05) is 39.2 Å². The summed E-state index contributed by atoms with van der Waals surface area (Å²) in [6.45, 7) is 5.30. The number of hydrogen-bond donors (Lipinski definition) is 1. The van der Waals surface area contributed by atoms with Gasteiger partial charge in [-0.25, -0.2) is 4.68 Å². The van der Waals surface area contributed by atoms with Crippen molar-refractivity contribution in [3.8, 4) is 0 Å².